The van der Waals surface area contributed by atoms with E-state index in [1.54, 1.807) is 0 Å². The highest BCUT2D eigenvalue weighted by molar-refractivity contribution is 5.22. The van der Waals surface area contributed by atoms with Crippen molar-refractivity contribution in [1.29, 1.82) is 5.26 Å². The lowest BCUT2D eigenvalue weighted by Gasteiger charge is -2.29. The zero-order valence-electron chi connectivity index (χ0n) is 10.5. The van der Waals surface area contributed by atoms with Crippen LogP contribution in [0.2, 0.25) is 0 Å². The number of aryl methyl sites for hydroxylation is 1. The van der Waals surface area contributed by atoms with E-state index in [9.17, 15) is 0 Å². The van der Waals surface area contributed by atoms with Crippen LogP contribution in [-0.2, 0) is 13.0 Å². The van der Waals surface area contributed by atoms with Crippen LogP contribution in [0.15, 0.2) is 24.3 Å². The Bertz CT molecular complexity index is 380. The molecule has 0 amide bonds. The van der Waals surface area contributed by atoms with E-state index in [1.807, 2.05) is 0 Å². The first-order valence-corrected chi connectivity index (χ1v) is 6.51. The van der Waals surface area contributed by atoms with E-state index in [-0.39, 0.29) is 5.92 Å². The Kier molecular flexibility index (Phi) is 4.17. The van der Waals surface area contributed by atoms with E-state index < -0.39 is 0 Å². The predicted molar refractivity (Wildman–Crippen MR) is 69.4 cm³/mol. The van der Waals surface area contributed by atoms with Crippen molar-refractivity contribution in [1.82, 2.24) is 4.90 Å². The van der Waals surface area contributed by atoms with Crippen molar-refractivity contribution in [3.05, 3.63) is 35.4 Å². The Morgan fingerprint density at radius 1 is 1.18 bits per heavy atom. The number of piperidine rings is 1. The van der Waals surface area contributed by atoms with E-state index in [1.165, 1.54) is 11.1 Å². The number of benzene rings is 1. The monoisotopic (exact) mass is 228 g/mol. The number of rotatable bonds is 3. The molecule has 1 aliphatic rings. The number of nitriles is 1. The molecule has 0 aliphatic carbocycles. The number of hydrogen-bond donors (Lipinski definition) is 0. The largest absolute Gasteiger partial charge is 0.299 e. The number of likely N-dealkylation sites (tertiary alicyclic amines) is 1. The maximum absolute atomic E-state index is 8.86. The van der Waals surface area contributed by atoms with Crippen LogP contribution < -0.4 is 0 Å². The van der Waals surface area contributed by atoms with Crippen molar-refractivity contribution < 1.29 is 0 Å². The van der Waals surface area contributed by atoms with Crippen LogP contribution in [0.4, 0.5) is 0 Å². The first-order valence-electron chi connectivity index (χ1n) is 6.51. The minimum atomic E-state index is 0.286. The molecular weight excluding hydrogens is 208 g/mol. The fourth-order valence-electron chi connectivity index (χ4n) is 2.36. The molecule has 0 bridgehead atoms. The van der Waals surface area contributed by atoms with Gasteiger partial charge >= 0.3 is 0 Å². The summed E-state index contributed by atoms with van der Waals surface area (Å²) in [6, 6.07) is 11.3. The van der Waals surface area contributed by atoms with E-state index in [0.717, 1.165) is 38.9 Å². The van der Waals surface area contributed by atoms with E-state index in [0.29, 0.717) is 0 Å². The van der Waals surface area contributed by atoms with Crippen molar-refractivity contribution in [3.8, 4) is 6.07 Å². The van der Waals surface area contributed by atoms with Gasteiger partial charge in [0, 0.05) is 12.5 Å². The van der Waals surface area contributed by atoms with Crippen LogP contribution >= 0.6 is 0 Å². The second-order valence-corrected chi connectivity index (χ2v) is 4.85. The first-order chi connectivity index (χ1) is 8.31. The Balaban J connectivity index is 1.87. The zero-order valence-corrected chi connectivity index (χ0v) is 10.5. The fourth-order valence-corrected chi connectivity index (χ4v) is 2.36. The molecule has 2 rings (SSSR count). The van der Waals surface area contributed by atoms with Crippen LogP contribution in [0, 0.1) is 17.2 Å². The molecule has 0 atom stereocenters. The smallest absolute Gasteiger partial charge is 0.0656 e. The van der Waals surface area contributed by atoms with Crippen molar-refractivity contribution in [2.24, 2.45) is 5.92 Å². The summed E-state index contributed by atoms with van der Waals surface area (Å²) in [6.45, 7) is 5.34. The highest BCUT2D eigenvalue weighted by Gasteiger charge is 2.18. The molecular formula is C15H20N2. The molecule has 2 heteroatoms. The standard InChI is InChI=1S/C15H20N2/c1-2-13-3-5-15(6-4-13)12-17-9-7-14(11-16)8-10-17/h3-6,14H,2,7-10,12H2,1H3. The lowest BCUT2D eigenvalue weighted by Crippen LogP contribution is -2.32. The second-order valence-electron chi connectivity index (χ2n) is 4.85. The van der Waals surface area contributed by atoms with E-state index in [2.05, 4.69) is 42.2 Å². The minimum Gasteiger partial charge on any atom is -0.299 e. The molecule has 1 saturated heterocycles. The lowest BCUT2D eigenvalue weighted by atomic mass is 9.98. The summed E-state index contributed by atoms with van der Waals surface area (Å²) in [5, 5.41) is 8.86. The Morgan fingerprint density at radius 2 is 1.76 bits per heavy atom. The molecule has 0 radical (unpaired) electrons. The molecule has 0 unspecified atom stereocenters. The van der Waals surface area contributed by atoms with E-state index in [4.69, 9.17) is 5.26 Å². The summed E-state index contributed by atoms with van der Waals surface area (Å²) in [6.07, 6.45) is 3.17. The third kappa shape index (κ3) is 3.31. The van der Waals surface area contributed by atoms with Crippen LogP contribution in [0.25, 0.3) is 0 Å². The molecule has 0 N–H and O–H groups in total. The zero-order chi connectivity index (χ0) is 12.1. The Morgan fingerprint density at radius 3 is 2.29 bits per heavy atom. The molecule has 17 heavy (non-hydrogen) atoms. The van der Waals surface area contributed by atoms with Gasteiger partial charge in [0.1, 0.15) is 0 Å². The summed E-state index contributed by atoms with van der Waals surface area (Å²) in [7, 11) is 0. The van der Waals surface area contributed by atoms with Gasteiger partial charge in [-0.3, -0.25) is 4.90 Å². The van der Waals surface area contributed by atoms with Gasteiger partial charge in [-0.2, -0.15) is 5.26 Å². The van der Waals surface area contributed by atoms with Crippen LogP contribution in [0.1, 0.15) is 30.9 Å². The third-order valence-corrected chi connectivity index (χ3v) is 3.61. The minimum absolute atomic E-state index is 0.286. The maximum atomic E-state index is 8.86. The molecule has 1 aromatic carbocycles. The van der Waals surface area contributed by atoms with Crippen molar-refractivity contribution in [2.45, 2.75) is 32.7 Å². The number of hydrogen-bond acceptors (Lipinski definition) is 2. The molecule has 2 nitrogen and oxygen atoms in total. The average molecular weight is 228 g/mol. The normalized spacial score (nSPS) is 17.9. The third-order valence-electron chi connectivity index (χ3n) is 3.61. The van der Waals surface area contributed by atoms with Gasteiger partial charge in [-0.1, -0.05) is 31.2 Å². The molecule has 1 aromatic rings. The number of nitrogens with zero attached hydrogens (tertiary/aromatic N) is 2. The van der Waals surface area contributed by atoms with Gasteiger partial charge in [-0.15, -0.1) is 0 Å². The molecule has 0 aromatic heterocycles. The van der Waals surface area contributed by atoms with Gasteiger partial charge < -0.3 is 0 Å². The van der Waals surface area contributed by atoms with Gasteiger partial charge in [0.15, 0.2) is 0 Å². The summed E-state index contributed by atoms with van der Waals surface area (Å²) >= 11 is 0. The maximum Gasteiger partial charge on any atom is 0.0656 e. The summed E-state index contributed by atoms with van der Waals surface area (Å²) in [4.78, 5) is 2.45. The second kappa shape index (κ2) is 5.84. The Hall–Kier alpha value is -1.33. The summed E-state index contributed by atoms with van der Waals surface area (Å²) in [5.41, 5.74) is 2.79. The van der Waals surface area contributed by atoms with Crippen LogP contribution in [0.5, 0.6) is 0 Å². The van der Waals surface area contributed by atoms with Gasteiger partial charge in [0.25, 0.3) is 0 Å². The lowest BCUT2D eigenvalue weighted by molar-refractivity contribution is 0.198. The SMILES string of the molecule is CCc1ccc(CN2CCC(C#N)CC2)cc1. The molecule has 0 spiro atoms. The first kappa shape index (κ1) is 12.1. The van der Waals surface area contributed by atoms with Crippen molar-refractivity contribution >= 4 is 0 Å². The highest BCUT2D eigenvalue weighted by Crippen LogP contribution is 2.18. The fraction of sp³-hybridized carbons (Fsp3) is 0.533. The van der Waals surface area contributed by atoms with Crippen LogP contribution in [0.3, 0.4) is 0 Å². The van der Waals surface area contributed by atoms with Crippen molar-refractivity contribution in [2.75, 3.05) is 13.1 Å². The van der Waals surface area contributed by atoms with Gasteiger partial charge in [0.2, 0.25) is 0 Å². The summed E-state index contributed by atoms with van der Waals surface area (Å²) < 4.78 is 0. The molecule has 1 heterocycles. The van der Waals surface area contributed by atoms with Crippen LogP contribution in [-0.4, -0.2) is 18.0 Å². The highest BCUT2D eigenvalue weighted by atomic mass is 15.1. The molecule has 90 valence electrons. The topological polar surface area (TPSA) is 27.0 Å². The predicted octanol–water partition coefficient (Wildman–Crippen LogP) is 2.98. The Labute approximate surface area is 104 Å². The van der Waals surface area contributed by atoms with Crippen molar-refractivity contribution in [3.63, 3.8) is 0 Å². The average Bonchev–Trinajstić information content (AvgIpc) is 2.40. The van der Waals surface area contributed by atoms with E-state index >= 15 is 0 Å². The van der Waals surface area contributed by atoms with Gasteiger partial charge in [-0.25, -0.2) is 0 Å². The molecule has 1 fully saturated rings. The molecule has 0 saturated carbocycles. The van der Waals surface area contributed by atoms with Gasteiger partial charge in [-0.05, 0) is 43.5 Å². The van der Waals surface area contributed by atoms with Gasteiger partial charge in [0.05, 0.1) is 6.07 Å². The molecule has 1 aliphatic heterocycles. The quantitative estimate of drug-likeness (QED) is 0.795. The summed E-state index contributed by atoms with van der Waals surface area (Å²) in [5.74, 6) is 0.286.